The predicted octanol–water partition coefficient (Wildman–Crippen LogP) is 6.20. The smallest absolute Gasteiger partial charge is 0.256 e. The summed E-state index contributed by atoms with van der Waals surface area (Å²) in [5, 5.41) is 11.0. The van der Waals surface area contributed by atoms with Crippen molar-refractivity contribution in [3.8, 4) is 5.75 Å². The minimum atomic E-state index is -0.996. The SMILES string of the molecule is CCC(CC)c1cc2cnc(Nc3ccc(NC4CCCNC4)cc3)nc2n(C2C(=O)c3ccccc3OC2(C)C)c1=O. The van der Waals surface area contributed by atoms with E-state index in [1.54, 1.807) is 22.9 Å². The van der Waals surface area contributed by atoms with Gasteiger partial charge in [0.15, 0.2) is 5.78 Å². The van der Waals surface area contributed by atoms with Gasteiger partial charge in [-0.2, -0.15) is 4.98 Å². The molecule has 9 heteroatoms. The highest BCUT2D eigenvalue weighted by molar-refractivity contribution is 6.03. The van der Waals surface area contributed by atoms with Crippen molar-refractivity contribution in [3.63, 3.8) is 0 Å². The first kappa shape index (κ1) is 28.9. The third-order valence-corrected chi connectivity index (χ3v) is 8.73. The van der Waals surface area contributed by atoms with Crippen LogP contribution >= 0.6 is 0 Å². The van der Waals surface area contributed by atoms with Crippen molar-refractivity contribution in [3.05, 3.63) is 82.3 Å². The van der Waals surface area contributed by atoms with E-state index in [-0.39, 0.29) is 17.3 Å². The number of nitrogens with one attached hydrogen (secondary N) is 3. The molecule has 2 aliphatic heterocycles. The lowest BCUT2D eigenvalue weighted by Gasteiger charge is -2.40. The summed E-state index contributed by atoms with van der Waals surface area (Å²) in [5.41, 5.74) is 2.19. The summed E-state index contributed by atoms with van der Waals surface area (Å²) in [6, 6.07) is 16.6. The molecule has 224 valence electrons. The van der Waals surface area contributed by atoms with Crippen molar-refractivity contribution in [1.29, 1.82) is 0 Å². The van der Waals surface area contributed by atoms with Crippen LogP contribution in [0.15, 0.2) is 65.6 Å². The number of Topliss-reactive ketones (excluding diaryl/α,β-unsaturated/α-hetero) is 1. The highest BCUT2D eigenvalue weighted by atomic mass is 16.5. The number of pyridine rings is 1. The van der Waals surface area contributed by atoms with Crippen LogP contribution < -0.4 is 26.2 Å². The zero-order valence-corrected chi connectivity index (χ0v) is 25.3. The number of rotatable bonds is 8. The van der Waals surface area contributed by atoms with E-state index in [1.165, 1.54) is 6.42 Å². The molecule has 0 amide bonds. The molecule has 1 saturated heterocycles. The van der Waals surface area contributed by atoms with Crippen LogP contribution in [-0.2, 0) is 0 Å². The monoisotopic (exact) mass is 580 g/mol. The van der Waals surface area contributed by atoms with Crippen LogP contribution in [0.3, 0.4) is 0 Å². The van der Waals surface area contributed by atoms with Crippen molar-refractivity contribution in [2.75, 3.05) is 23.7 Å². The normalized spacial score (nSPS) is 19.6. The van der Waals surface area contributed by atoms with Gasteiger partial charge in [-0.05, 0) is 94.5 Å². The van der Waals surface area contributed by atoms with E-state index in [0.29, 0.717) is 39.9 Å². The summed E-state index contributed by atoms with van der Waals surface area (Å²) in [5.74, 6) is 0.751. The Balaban J connectivity index is 1.41. The number of fused-ring (bicyclic) bond motifs is 2. The number of nitrogens with zero attached hydrogens (tertiary/aromatic N) is 3. The van der Waals surface area contributed by atoms with Crippen molar-refractivity contribution in [2.24, 2.45) is 0 Å². The molecule has 3 N–H and O–H groups in total. The fourth-order valence-electron chi connectivity index (χ4n) is 6.44. The second-order valence-corrected chi connectivity index (χ2v) is 12.1. The van der Waals surface area contributed by atoms with Gasteiger partial charge < -0.3 is 20.7 Å². The topological polar surface area (TPSA) is 110 Å². The zero-order chi connectivity index (χ0) is 30.1. The maximum Gasteiger partial charge on any atom is 0.256 e. The lowest BCUT2D eigenvalue weighted by Crippen LogP contribution is -2.50. The minimum absolute atomic E-state index is 0.0486. The summed E-state index contributed by atoms with van der Waals surface area (Å²) >= 11 is 0. The summed E-state index contributed by atoms with van der Waals surface area (Å²) in [4.78, 5) is 37.9. The maximum atomic E-state index is 14.3. The van der Waals surface area contributed by atoms with Crippen LogP contribution in [-0.4, -0.2) is 45.1 Å². The van der Waals surface area contributed by atoms with Crippen LogP contribution in [0.5, 0.6) is 5.75 Å². The van der Waals surface area contributed by atoms with E-state index in [0.717, 1.165) is 43.7 Å². The molecule has 2 aromatic carbocycles. The van der Waals surface area contributed by atoms with E-state index in [9.17, 15) is 9.59 Å². The molecule has 2 aliphatic rings. The summed E-state index contributed by atoms with van der Waals surface area (Å²) < 4.78 is 7.91. The molecule has 6 rings (SSSR count). The molecule has 43 heavy (non-hydrogen) atoms. The Morgan fingerprint density at radius 2 is 1.81 bits per heavy atom. The van der Waals surface area contributed by atoms with E-state index >= 15 is 0 Å². The van der Waals surface area contributed by atoms with Gasteiger partial charge in [0.25, 0.3) is 5.56 Å². The third kappa shape index (κ3) is 5.61. The number of para-hydroxylation sites is 1. The highest BCUT2D eigenvalue weighted by Gasteiger charge is 2.46. The van der Waals surface area contributed by atoms with Gasteiger partial charge in [0.05, 0.1) is 5.56 Å². The Morgan fingerprint density at radius 1 is 1.07 bits per heavy atom. The van der Waals surface area contributed by atoms with Gasteiger partial charge in [-0.15, -0.1) is 0 Å². The van der Waals surface area contributed by atoms with Crippen LogP contribution in [0.2, 0.25) is 0 Å². The van der Waals surface area contributed by atoms with Crippen molar-refractivity contribution < 1.29 is 9.53 Å². The summed E-state index contributed by atoms with van der Waals surface area (Å²) in [7, 11) is 0. The van der Waals surface area contributed by atoms with Gasteiger partial charge in [0.2, 0.25) is 5.95 Å². The molecule has 0 saturated carbocycles. The molecule has 0 spiro atoms. The minimum Gasteiger partial charge on any atom is -0.484 e. The van der Waals surface area contributed by atoms with Crippen molar-refractivity contribution in [1.82, 2.24) is 19.9 Å². The highest BCUT2D eigenvalue weighted by Crippen LogP contribution is 2.40. The molecule has 4 heterocycles. The Hall–Kier alpha value is -4.24. The molecule has 0 radical (unpaired) electrons. The van der Waals surface area contributed by atoms with Gasteiger partial charge in [-0.1, -0.05) is 26.0 Å². The van der Waals surface area contributed by atoms with Gasteiger partial charge in [-0.25, -0.2) is 4.98 Å². The fourth-order valence-corrected chi connectivity index (χ4v) is 6.44. The number of piperidine rings is 1. The Labute approximate surface area is 252 Å². The van der Waals surface area contributed by atoms with E-state index < -0.39 is 11.6 Å². The van der Waals surface area contributed by atoms with E-state index in [4.69, 9.17) is 9.72 Å². The molecular weight excluding hydrogens is 540 g/mol. The van der Waals surface area contributed by atoms with Gasteiger partial charge in [0, 0.05) is 41.1 Å². The quantitative estimate of drug-likeness (QED) is 0.226. The molecule has 0 bridgehead atoms. The number of ketones is 1. The second-order valence-electron chi connectivity index (χ2n) is 12.1. The zero-order valence-electron chi connectivity index (χ0n) is 25.3. The van der Waals surface area contributed by atoms with E-state index in [2.05, 4.69) is 34.8 Å². The van der Waals surface area contributed by atoms with Gasteiger partial charge >= 0.3 is 0 Å². The average molecular weight is 581 g/mol. The first-order valence-electron chi connectivity index (χ1n) is 15.4. The maximum absolute atomic E-state index is 14.3. The van der Waals surface area contributed by atoms with Gasteiger partial charge in [-0.3, -0.25) is 14.2 Å². The summed E-state index contributed by atoms with van der Waals surface area (Å²) in [6.07, 6.45) is 5.66. The molecular formula is C34H40N6O3. The van der Waals surface area contributed by atoms with Crippen LogP contribution in [0.1, 0.15) is 81.3 Å². The third-order valence-electron chi connectivity index (χ3n) is 8.73. The largest absolute Gasteiger partial charge is 0.484 e. The second kappa shape index (κ2) is 11.8. The molecule has 4 aromatic rings. The van der Waals surface area contributed by atoms with Crippen LogP contribution in [0.4, 0.5) is 17.3 Å². The Morgan fingerprint density at radius 3 is 2.53 bits per heavy atom. The van der Waals surface area contributed by atoms with E-state index in [1.807, 2.05) is 56.3 Å². The number of benzene rings is 2. The molecule has 2 atom stereocenters. The molecule has 0 aliphatic carbocycles. The standard InChI is InChI=1S/C34H40N6O3/c1-5-21(6-2)27-18-22-19-36-33(38-24-15-13-23(14-16-24)37-25-10-9-17-35-20-25)39-31(22)40(32(27)42)30-29(41)26-11-7-8-12-28(26)43-34(30,3)4/h7-8,11-16,18-19,21,25,30,35,37H,5-6,9-10,17,20H2,1-4H3,(H,36,38,39). The van der Waals surface area contributed by atoms with Crippen molar-refractivity contribution >= 4 is 34.1 Å². The number of hydrogen-bond acceptors (Lipinski definition) is 8. The summed E-state index contributed by atoms with van der Waals surface area (Å²) in [6.45, 7) is 9.90. The van der Waals surface area contributed by atoms with Crippen molar-refractivity contribution in [2.45, 2.75) is 77.0 Å². The molecule has 9 nitrogen and oxygen atoms in total. The molecule has 1 fully saturated rings. The molecule has 2 aromatic heterocycles. The molecule has 2 unspecified atom stereocenters. The Bertz CT molecular complexity index is 1690. The van der Waals surface area contributed by atoms with Gasteiger partial charge in [0.1, 0.15) is 23.0 Å². The number of carbonyl (C=O) groups excluding carboxylic acids is 1. The van der Waals surface area contributed by atoms with Crippen LogP contribution in [0.25, 0.3) is 11.0 Å². The first-order valence-corrected chi connectivity index (χ1v) is 15.4. The lowest BCUT2D eigenvalue weighted by molar-refractivity contribution is 0.0303. The predicted molar refractivity (Wildman–Crippen MR) is 171 cm³/mol. The number of aromatic nitrogens is 3. The average Bonchev–Trinajstić information content (AvgIpc) is 3.00. The number of ether oxygens (including phenoxy) is 1. The Kier molecular flexibility index (Phi) is 7.92. The number of carbonyl (C=O) groups is 1. The van der Waals surface area contributed by atoms with Crippen LogP contribution in [0, 0.1) is 0 Å². The number of anilines is 3. The fraction of sp³-hybridized carbons (Fsp3) is 0.412. The first-order chi connectivity index (χ1) is 20.8. The number of hydrogen-bond donors (Lipinski definition) is 3. The lowest BCUT2D eigenvalue weighted by atomic mass is 9.86.